The number of benzene rings is 1. The van der Waals surface area contributed by atoms with E-state index >= 15 is 0 Å². The van der Waals surface area contributed by atoms with Crippen LogP contribution in [0.2, 0.25) is 10.0 Å². The standard InChI is InChI=1S/C26H27Cl2N7O3S/c1-4-34-7-9-35(10-8-34)15-5-6-19(29-12-15)32-25-24-22(30-14-31-25)16(13-39-24)26(36)33-23-20(27)17(37-2)11-18(38-3)21(23)28/h5-6,11-14H,4,7-10H2,1-3H3,(H,33,36)(H,29,30,31,32). The van der Waals surface area contributed by atoms with Crippen molar-refractivity contribution in [3.8, 4) is 11.5 Å². The number of hydrogen-bond donors (Lipinski definition) is 2. The molecule has 0 aliphatic carbocycles. The van der Waals surface area contributed by atoms with Crippen LogP contribution in [0.25, 0.3) is 10.2 Å². The summed E-state index contributed by atoms with van der Waals surface area (Å²) < 4.78 is 11.3. The minimum atomic E-state index is -0.435. The number of amides is 1. The molecule has 39 heavy (non-hydrogen) atoms. The van der Waals surface area contributed by atoms with Crippen molar-refractivity contribution in [1.82, 2.24) is 19.9 Å². The highest BCUT2D eigenvalue weighted by Gasteiger charge is 2.23. The number of likely N-dealkylation sites (N-methyl/N-ethyl adjacent to an activating group) is 1. The molecule has 13 heteroatoms. The maximum absolute atomic E-state index is 13.3. The third kappa shape index (κ3) is 5.53. The third-order valence-electron chi connectivity index (χ3n) is 6.59. The van der Waals surface area contributed by atoms with Crippen LogP contribution in [0.5, 0.6) is 11.5 Å². The largest absolute Gasteiger partial charge is 0.495 e. The lowest BCUT2D eigenvalue weighted by Gasteiger charge is -2.35. The molecule has 2 N–H and O–H groups in total. The van der Waals surface area contributed by atoms with Gasteiger partial charge in [0.05, 0.1) is 47.6 Å². The van der Waals surface area contributed by atoms with Crippen molar-refractivity contribution in [1.29, 1.82) is 0 Å². The minimum absolute atomic E-state index is 0.162. The maximum Gasteiger partial charge on any atom is 0.258 e. The van der Waals surface area contributed by atoms with Gasteiger partial charge in [0.1, 0.15) is 33.7 Å². The van der Waals surface area contributed by atoms with Crippen molar-refractivity contribution in [2.75, 3.05) is 62.5 Å². The molecule has 0 saturated carbocycles. The predicted octanol–water partition coefficient (Wildman–Crippen LogP) is 5.55. The number of aromatic nitrogens is 3. The Kier molecular flexibility index (Phi) is 8.22. The molecule has 5 rings (SSSR count). The molecule has 4 aromatic rings. The van der Waals surface area contributed by atoms with Gasteiger partial charge in [0, 0.05) is 37.6 Å². The molecular weight excluding hydrogens is 561 g/mol. The number of piperazine rings is 1. The van der Waals surface area contributed by atoms with Gasteiger partial charge in [-0.05, 0) is 18.7 Å². The number of ether oxygens (including phenoxy) is 2. The first kappa shape index (κ1) is 27.2. The van der Waals surface area contributed by atoms with Crippen LogP contribution in [0.1, 0.15) is 17.3 Å². The van der Waals surface area contributed by atoms with Gasteiger partial charge in [0.2, 0.25) is 0 Å². The molecule has 0 bridgehead atoms. The second-order valence-electron chi connectivity index (χ2n) is 8.74. The Bertz CT molecular complexity index is 1460. The van der Waals surface area contributed by atoms with Crippen LogP contribution in [0.15, 0.2) is 36.1 Å². The summed E-state index contributed by atoms with van der Waals surface area (Å²) in [5.41, 5.74) is 2.11. The van der Waals surface area contributed by atoms with Crippen molar-refractivity contribution in [2.24, 2.45) is 0 Å². The van der Waals surface area contributed by atoms with E-state index in [0.29, 0.717) is 38.9 Å². The van der Waals surface area contributed by atoms with E-state index in [1.165, 1.54) is 31.9 Å². The van der Waals surface area contributed by atoms with E-state index in [0.717, 1.165) is 38.4 Å². The first-order valence-corrected chi connectivity index (χ1v) is 13.9. The molecule has 0 unspecified atom stereocenters. The van der Waals surface area contributed by atoms with Crippen LogP contribution in [0.4, 0.5) is 23.0 Å². The molecule has 10 nitrogen and oxygen atoms in total. The summed E-state index contributed by atoms with van der Waals surface area (Å²) in [6.07, 6.45) is 3.27. The number of carbonyl (C=O) groups is 1. The molecular formula is C26H27Cl2N7O3S. The summed E-state index contributed by atoms with van der Waals surface area (Å²) in [5, 5.41) is 8.07. The average molecular weight is 589 g/mol. The summed E-state index contributed by atoms with van der Waals surface area (Å²) in [6, 6.07) is 5.54. The van der Waals surface area contributed by atoms with E-state index in [1.54, 1.807) is 11.4 Å². The zero-order valence-electron chi connectivity index (χ0n) is 21.6. The quantitative estimate of drug-likeness (QED) is 0.274. The predicted molar refractivity (Wildman–Crippen MR) is 157 cm³/mol. The summed E-state index contributed by atoms with van der Waals surface area (Å²) in [6.45, 7) is 7.32. The fourth-order valence-electron chi connectivity index (χ4n) is 4.37. The van der Waals surface area contributed by atoms with E-state index in [2.05, 4.69) is 48.4 Å². The van der Waals surface area contributed by atoms with Gasteiger partial charge < -0.3 is 29.9 Å². The van der Waals surface area contributed by atoms with Crippen molar-refractivity contribution < 1.29 is 14.3 Å². The van der Waals surface area contributed by atoms with Gasteiger partial charge in [0.15, 0.2) is 5.82 Å². The number of nitrogens with one attached hydrogen (secondary N) is 2. The van der Waals surface area contributed by atoms with Crippen molar-refractivity contribution in [3.63, 3.8) is 0 Å². The summed E-state index contributed by atoms with van der Waals surface area (Å²) in [4.78, 5) is 31.4. The van der Waals surface area contributed by atoms with E-state index in [9.17, 15) is 4.79 Å². The van der Waals surface area contributed by atoms with E-state index < -0.39 is 5.91 Å². The number of methoxy groups -OCH3 is 2. The van der Waals surface area contributed by atoms with Crippen LogP contribution in [-0.2, 0) is 0 Å². The summed E-state index contributed by atoms with van der Waals surface area (Å²) >= 11 is 14.2. The normalized spacial score (nSPS) is 13.9. The van der Waals surface area contributed by atoms with Crippen LogP contribution >= 0.6 is 34.5 Å². The molecule has 1 aliphatic rings. The number of anilines is 4. The lowest BCUT2D eigenvalue weighted by molar-refractivity contribution is 0.102. The van der Waals surface area contributed by atoms with Crippen LogP contribution < -0.4 is 25.0 Å². The Morgan fingerprint density at radius 3 is 2.38 bits per heavy atom. The first-order chi connectivity index (χ1) is 18.9. The molecule has 0 atom stereocenters. The number of thiophene rings is 1. The molecule has 0 spiro atoms. The molecule has 1 aromatic carbocycles. The lowest BCUT2D eigenvalue weighted by atomic mass is 10.2. The molecule has 3 aromatic heterocycles. The van der Waals surface area contributed by atoms with Gasteiger partial charge in [0.25, 0.3) is 5.91 Å². The number of fused-ring (bicyclic) bond motifs is 1. The number of halogens is 2. The van der Waals surface area contributed by atoms with Gasteiger partial charge in [-0.1, -0.05) is 30.1 Å². The molecule has 0 radical (unpaired) electrons. The van der Waals surface area contributed by atoms with Gasteiger partial charge in [-0.3, -0.25) is 4.79 Å². The van der Waals surface area contributed by atoms with Crippen LogP contribution in [0, 0.1) is 0 Å². The van der Waals surface area contributed by atoms with Crippen molar-refractivity contribution in [3.05, 3.63) is 51.7 Å². The molecule has 1 aliphatic heterocycles. The Balaban J connectivity index is 1.35. The average Bonchev–Trinajstić information content (AvgIpc) is 3.41. The van der Waals surface area contributed by atoms with Crippen LogP contribution in [0.3, 0.4) is 0 Å². The molecule has 4 heterocycles. The fraction of sp³-hybridized carbons (Fsp3) is 0.308. The first-order valence-electron chi connectivity index (χ1n) is 12.3. The van der Waals surface area contributed by atoms with Crippen molar-refractivity contribution >= 4 is 73.7 Å². The van der Waals surface area contributed by atoms with E-state index in [1.807, 2.05) is 12.3 Å². The van der Waals surface area contributed by atoms with Gasteiger partial charge >= 0.3 is 0 Å². The smallest absolute Gasteiger partial charge is 0.258 e. The van der Waals surface area contributed by atoms with Gasteiger partial charge in [-0.25, -0.2) is 15.0 Å². The fourth-order valence-corrected chi connectivity index (χ4v) is 5.91. The molecule has 1 saturated heterocycles. The zero-order valence-corrected chi connectivity index (χ0v) is 24.0. The minimum Gasteiger partial charge on any atom is -0.495 e. The second-order valence-corrected chi connectivity index (χ2v) is 10.4. The zero-order chi connectivity index (χ0) is 27.5. The topological polar surface area (TPSA) is 105 Å². The summed E-state index contributed by atoms with van der Waals surface area (Å²) in [7, 11) is 2.93. The summed E-state index contributed by atoms with van der Waals surface area (Å²) in [5.74, 6) is 1.40. The number of nitrogens with zero attached hydrogens (tertiary/aromatic N) is 5. The Labute approximate surface area is 239 Å². The molecule has 1 amide bonds. The van der Waals surface area contributed by atoms with Gasteiger partial charge in [-0.2, -0.15) is 0 Å². The number of hydrogen-bond acceptors (Lipinski definition) is 10. The Hall–Kier alpha value is -3.38. The highest BCUT2D eigenvalue weighted by molar-refractivity contribution is 7.18. The Morgan fingerprint density at radius 1 is 1.05 bits per heavy atom. The highest BCUT2D eigenvalue weighted by Crippen LogP contribution is 2.44. The monoisotopic (exact) mass is 587 g/mol. The number of pyridine rings is 1. The third-order valence-corrected chi connectivity index (χ3v) is 8.32. The molecule has 204 valence electrons. The van der Waals surface area contributed by atoms with E-state index in [-0.39, 0.29) is 15.7 Å². The SMILES string of the molecule is CCN1CCN(c2ccc(Nc3ncnc4c(C(=O)Nc5c(Cl)c(OC)cc(OC)c5Cl)csc34)nc2)CC1. The number of carbonyl (C=O) groups excluding carboxylic acids is 1. The van der Waals surface area contributed by atoms with Crippen LogP contribution in [-0.4, -0.2) is 72.7 Å². The highest BCUT2D eigenvalue weighted by atomic mass is 35.5. The second kappa shape index (κ2) is 11.8. The van der Waals surface area contributed by atoms with Gasteiger partial charge in [-0.15, -0.1) is 11.3 Å². The van der Waals surface area contributed by atoms with Crippen molar-refractivity contribution in [2.45, 2.75) is 6.92 Å². The van der Waals surface area contributed by atoms with E-state index in [4.69, 9.17) is 32.7 Å². The maximum atomic E-state index is 13.3. The number of rotatable bonds is 8. The Morgan fingerprint density at radius 2 is 1.77 bits per heavy atom. The molecule has 1 fully saturated rings. The lowest BCUT2D eigenvalue weighted by Crippen LogP contribution is -2.46.